The Balaban J connectivity index is 2.31. The fraction of sp³-hybridized carbons (Fsp3) is 0.611. The Morgan fingerprint density at radius 3 is 1.85 bits per heavy atom. The highest BCUT2D eigenvalue weighted by atomic mass is 16.7. The van der Waals surface area contributed by atoms with Gasteiger partial charge in [-0.2, -0.15) is 0 Å². The zero-order chi connectivity index (χ0) is 36.9. The molecule has 2 rings (SSSR count). The molecular weight excluding hydrogens is 616 g/mol. The van der Waals surface area contributed by atoms with Crippen LogP contribution in [-0.2, 0) is 39.0 Å². The van der Waals surface area contributed by atoms with Gasteiger partial charge in [-0.3, -0.25) is 19.2 Å². The van der Waals surface area contributed by atoms with Gasteiger partial charge in [-0.05, 0) is 63.8 Å². The molecule has 1 aromatic rings. The summed E-state index contributed by atoms with van der Waals surface area (Å²) < 4.78 is 5.47. The number of esters is 1. The van der Waals surface area contributed by atoms with Crippen LogP contribution in [0.25, 0.3) is 0 Å². The van der Waals surface area contributed by atoms with Crippen LogP contribution >= 0.6 is 0 Å². The first-order chi connectivity index (χ1) is 21.9. The van der Waals surface area contributed by atoms with Gasteiger partial charge < -0.3 is 25.1 Å². The predicted molar refractivity (Wildman–Crippen MR) is 181 cm³/mol. The van der Waals surface area contributed by atoms with Gasteiger partial charge in [0.25, 0.3) is 11.8 Å². The maximum Gasteiger partial charge on any atom is 0.359 e. The van der Waals surface area contributed by atoms with Crippen molar-refractivity contribution in [3.8, 4) is 0 Å². The van der Waals surface area contributed by atoms with E-state index in [0.29, 0.717) is 10.6 Å². The second-order valence-electron chi connectivity index (χ2n) is 15.3. The molecule has 266 valence electrons. The number of hydrogen-bond donors (Lipinski definition) is 2. The first-order valence-corrected chi connectivity index (χ1v) is 16.3. The molecule has 1 aliphatic heterocycles. The number of likely N-dealkylation sites (N-methyl/N-ethyl adjacent to an activating group) is 2. The van der Waals surface area contributed by atoms with Gasteiger partial charge in [0.05, 0.1) is 17.6 Å². The number of benzene rings is 1. The minimum Gasteiger partial charge on any atom is -0.456 e. The van der Waals surface area contributed by atoms with E-state index < -0.39 is 64.2 Å². The molecule has 0 saturated carbocycles. The molecule has 1 saturated heterocycles. The van der Waals surface area contributed by atoms with Crippen LogP contribution in [0, 0.1) is 11.3 Å². The van der Waals surface area contributed by atoms with Crippen molar-refractivity contribution in [2.45, 2.75) is 118 Å². The third-order valence-corrected chi connectivity index (χ3v) is 8.34. The van der Waals surface area contributed by atoms with E-state index in [9.17, 15) is 28.8 Å². The van der Waals surface area contributed by atoms with Crippen LogP contribution in [0.1, 0.15) is 105 Å². The molecule has 1 aromatic carbocycles. The van der Waals surface area contributed by atoms with Crippen LogP contribution in [0.3, 0.4) is 0 Å². The van der Waals surface area contributed by atoms with E-state index in [0.717, 1.165) is 5.56 Å². The molecule has 12 nitrogen and oxygen atoms in total. The average molecular weight is 671 g/mol. The first-order valence-electron chi connectivity index (χ1n) is 16.3. The molecule has 0 radical (unpaired) electrons. The summed E-state index contributed by atoms with van der Waals surface area (Å²) in [6.07, 6.45) is 1.52. The average Bonchev–Trinajstić information content (AvgIpc) is 3.28. The van der Waals surface area contributed by atoms with Crippen LogP contribution in [0.4, 0.5) is 0 Å². The van der Waals surface area contributed by atoms with Crippen molar-refractivity contribution in [1.29, 1.82) is 0 Å². The van der Waals surface area contributed by atoms with Crippen molar-refractivity contribution >= 4 is 35.6 Å². The number of carbonyl (C=O) groups excluding carboxylic acids is 6. The van der Waals surface area contributed by atoms with Gasteiger partial charge in [0, 0.05) is 30.9 Å². The molecule has 12 heteroatoms. The van der Waals surface area contributed by atoms with Crippen LogP contribution in [0.2, 0.25) is 0 Å². The maximum atomic E-state index is 14.1. The summed E-state index contributed by atoms with van der Waals surface area (Å²) in [5.74, 6) is -3.39. The molecule has 0 spiro atoms. The molecular formula is C36H54N4O8. The van der Waals surface area contributed by atoms with Gasteiger partial charge in [-0.15, -0.1) is 5.06 Å². The number of amides is 4. The quantitative estimate of drug-likeness (QED) is 0.191. The maximum absolute atomic E-state index is 14.1. The van der Waals surface area contributed by atoms with E-state index in [4.69, 9.17) is 9.57 Å². The van der Waals surface area contributed by atoms with Gasteiger partial charge >= 0.3 is 11.9 Å². The normalized spacial score (nSPS) is 16.4. The van der Waals surface area contributed by atoms with E-state index in [-0.39, 0.29) is 30.2 Å². The van der Waals surface area contributed by atoms with Crippen LogP contribution in [0.5, 0.6) is 0 Å². The Morgan fingerprint density at radius 2 is 1.42 bits per heavy atom. The largest absolute Gasteiger partial charge is 0.456 e. The van der Waals surface area contributed by atoms with Gasteiger partial charge in [-0.1, -0.05) is 66.7 Å². The number of hydrogen-bond acceptors (Lipinski definition) is 9. The van der Waals surface area contributed by atoms with E-state index in [1.807, 2.05) is 48.5 Å². The molecule has 3 atom stereocenters. The summed E-state index contributed by atoms with van der Waals surface area (Å²) in [6, 6.07) is 4.63. The Bertz CT molecular complexity index is 1400. The Labute approximate surface area is 284 Å². The van der Waals surface area contributed by atoms with Gasteiger partial charge in [-0.25, -0.2) is 9.59 Å². The zero-order valence-electron chi connectivity index (χ0n) is 30.8. The second-order valence-corrected chi connectivity index (χ2v) is 15.3. The van der Waals surface area contributed by atoms with Gasteiger partial charge in [0.1, 0.15) is 11.6 Å². The lowest BCUT2D eigenvalue weighted by Gasteiger charge is -2.40. The summed E-state index contributed by atoms with van der Waals surface area (Å²) in [4.78, 5) is 83.8. The summed E-state index contributed by atoms with van der Waals surface area (Å²) >= 11 is 0. The standard InChI is InChI=1S/C36H54N4O8/c1-21(2)25(20-22(3)32(45)48-40-26(41)18-19-27(40)42)39(13)31(44)29(34(4,5)6)38-30(43)28(37-12)36(10,11)24-16-14-23(15-17-24)33(46)47-35(7,8)9/h14-17,20-21,25,28-29,37H,18-19H2,1-13H3,(H,38,43)/b22-20+/t25-,28-,29-/m1/s1. The van der Waals surface area contributed by atoms with E-state index in [1.165, 1.54) is 11.8 Å². The van der Waals surface area contributed by atoms with Crippen molar-refractivity contribution in [3.63, 3.8) is 0 Å². The van der Waals surface area contributed by atoms with Gasteiger partial charge in [0.2, 0.25) is 11.8 Å². The SMILES string of the molecule is CN[C@H](C(=O)N[C@H](C(=O)N(C)[C@H](/C=C(\C)C(=O)ON1C(=O)CCC1=O)C(C)C)C(C)(C)C)C(C)(C)c1ccc(C(=O)OC(C)(C)C)cc1. The van der Waals surface area contributed by atoms with E-state index in [2.05, 4.69) is 10.6 Å². The zero-order valence-corrected chi connectivity index (χ0v) is 30.8. The molecule has 1 heterocycles. The topological polar surface area (TPSA) is 151 Å². The first kappa shape index (κ1) is 40.1. The highest BCUT2D eigenvalue weighted by Crippen LogP contribution is 2.30. The number of imide groups is 1. The fourth-order valence-electron chi connectivity index (χ4n) is 5.47. The third kappa shape index (κ3) is 9.98. The number of nitrogens with one attached hydrogen (secondary N) is 2. The second kappa shape index (κ2) is 15.4. The van der Waals surface area contributed by atoms with Crippen molar-refractivity contribution in [2.24, 2.45) is 11.3 Å². The minimum atomic E-state index is -0.946. The highest BCUT2D eigenvalue weighted by molar-refractivity contribution is 6.02. The molecule has 0 bridgehead atoms. The van der Waals surface area contributed by atoms with Crippen molar-refractivity contribution in [2.75, 3.05) is 14.1 Å². The van der Waals surface area contributed by atoms with Crippen LogP contribution < -0.4 is 10.6 Å². The van der Waals surface area contributed by atoms with Gasteiger partial charge in [0.15, 0.2) is 0 Å². The molecule has 4 amide bonds. The molecule has 48 heavy (non-hydrogen) atoms. The molecule has 0 aliphatic carbocycles. The number of rotatable bonds is 12. The molecule has 1 aliphatic rings. The smallest absolute Gasteiger partial charge is 0.359 e. The summed E-state index contributed by atoms with van der Waals surface area (Å²) in [6.45, 7) is 20.0. The predicted octanol–water partition coefficient (Wildman–Crippen LogP) is 4.07. The summed E-state index contributed by atoms with van der Waals surface area (Å²) in [5, 5.41) is 6.58. The number of carbonyl (C=O) groups is 6. The summed E-state index contributed by atoms with van der Waals surface area (Å²) in [5.41, 5.74) is -0.787. The Hall–Kier alpha value is -4.06. The molecule has 1 fully saturated rings. The number of hydroxylamine groups is 2. The van der Waals surface area contributed by atoms with E-state index in [1.54, 1.807) is 65.2 Å². The lowest BCUT2D eigenvalue weighted by molar-refractivity contribution is -0.194. The lowest BCUT2D eigenvalue weighted by Crippen LogP contribution is -2.61. The van der Waals surface area contributed by atoms with Crippen molar-refractivity contribution in [3.05, 3.63) is 47.0 Å². The molecule has 0 unspecified atom stereocenters. The molecule has 0 aromatic heterocycles. The van der Waals surface area contributed by atoms with Crippen molar-refractivity contribution in [1.82, 2.24) is 20.6 Å². The monoisotopic (exact) mass is 670 g/mol. The highest BCUT2D eigenvalue weighted by Gasteiger charge is 2.42. The number of nitrogens with zero attached hydrogens (tertiary/aromatic N) is 2. The summed E-state index contributed by atoms with van der Waals surface area (Å²) in [7, 11) is 3.28. The van der Waals surface area contributed by atoms with Crippen LogP contribution in [0.15, 0.2) is 35.9 Å². The third-order valence-electron chi connectivity index (χ3n) is 8.34. The van der Waals surface area contributed by atoms with Crippen molar-refractivity contribution < 1.29 is 38.3 Å². The fourth-order valence-corrected chi connectivity index (χ4v) is 5.47. The number of ether oxygens (including phenoxy) is 1. The lowest BCUT2D eigenvalue weighted by atomic mass is 9.76. The molecule has 2 N–H and O–H groups in total. The van der Waals surface area contributed by atoms with Crippen LogP contribution in [-0.4, -0.2) is 83.4 Å². The Morgan fingerprint density at radius 1 is 0.896 bits per heavy atom. The minimum absolute atomic E-state index is 0.0212. The van der Waals surface area contributed by atoms with E-state index >= 15 is 0 Å². The Kier molecular flexibility index (Phi) is 12.9.